The minimum absolute atomic E-state index is 0.0160. The molecule has 2 heterocycles. The number of imidazole rings is 1. The van der Waals surface area contributed by atoms with E-state index in [1.54, 1.807) is 18.6 Å². The molecule has 1 aliphatic rings. The van der Waals surface area contributed by atoms with Crippen molar-refractivity contribution >= 4 is 17.5 Å². The number of rotatable bonds is 7. The maximum atomic E-state index is 14.0. The summed E-state index contributed by atoms with van der Waals surface area (Å²) in [5.41, 5.74) is 2.68. The molecule has 1 saturated heterocycles. The Morgan fingerprint density at radius 3 is 2.84 bits per heavy atom. The molecule has 2 aromatic carbocycles. The Balaban J connectivity index is 1.56. The van der Waals surface area contributed by atoms with Crippen LogP contribution in [-0.4, -0.2) is 32.9 Å². The third-order valence-electron chi connectivity index (χ3n) is 5.41. The quantitative estimate of drug-likeness (QED) is 0.614. The Labute approximate surface area is 184 Å². The molecule has 6 nitrogen and oxygen atoms in total. The van der Waals surface area contributed by atoms with Gasteiger partial charge in [0.1, 0.15) is 11.9 Å². The second-order valence-electron chi connectivity index (χ2n) is 7.57. The number of halogens is 2. The van der Waals surface area contributed by atoms with E-state index in [2.05, 4.69) is 15.2 Å². The van der Waals surface area contributed by atoms with E-state index >= 15 is 0 Å². The number of hydrogen-bond acceptors (Lipinski definition) is 4. The highest BCUT2D eigenvalue weighted by Gasteiger charge is 2.31. The lowest BCUT2D eigenvalue weighted by molar-refractivity contribution is -0.124. The summed E-state index contributed by atoms with van der Waals surface area (Å²) in [4.78, 5) is 18.8. The van der Waals surface area contributed by atoms with Gasteiger partial charge >= 0.3 is 0 Å². The largest absolute Gasteiger partial charge is 0.355 e. The number of aromatic nitrogens is 2. The van der Waals surface area contributed by atoms with Crippen molar-refractivity contribution in [2.75, 3.05) is 6.54 Å². The van der Waals surface area contributed by atoms with Crippen molar-refractivity contribution in [2.45, 2.75) is 32.1 Å². The SMILES string of the molecule is N#Cc1ccc(Cn2cncc2CN(Cc2cccc(Cl)c2)C2CCNC2=O)cc1F. The highest BCUT2D eigenvalue weighted by atomic mass is 35.5. The molecule has 1 N–H and O–H groups in total. The van der Waals surface area contributed by atoms with Crippen LogP contribution >= 0.6 is 11.6 Å². The summed E-state index contributed by atoms with van der Waals surface area (Å²) < 4.78 is 15.9. The summed E-state index contributed by atoms with van der Waals surface area (Å²) in [5, 5.41) is 12.5. The third-order valence-corrected chi connectivity index (χ3v) is 5.64. The smallest absolute Gasteiger partial charge is 0.237 e. The first-order valence-corrected chi connectivity index (χ1v) is 10.3. The van der Waals surface area contributed by atoms with Gasteiger partial charge < -0.3 is 9.88 Å². The van der Waals surface area contributed by atoms with E-state index < -0.39 is 5.82 Å². The van der Waals surface area contributed by atoms with Gasteiger partial charge in [0, 0.05) is 37.4 Å². The van der Waals surface area contributed by atoms with Gasteiger partial charge in [0.25, 0.3) is 0 Å². The van der Waals surface area contributed by atoms with Crippen molar-refractivity contribution in [1.29, 1.82) is 5.26 Å². The number of nitrogens with zero attached hydrogens (tertiary/aromatic N) is 4. The lowest BCUT2D eigenvalue weighted by Crippen LogP contribution is -2.40. The lowest BCUT2D eigenvalue weighted by atomic mass is 10.1. The fraction of sp³-hybridized carbons (Fsp3) is 0.261. The fourth-order valence-corrected chi connectivity index (χ4v) is 4.06. The summed E-state index contributed by atoms with van der Waals surface area (Å²) in [7, 11) is 0. The topological polar surface area (TPSA) is 74.0 Å². The first-order chi connectivity index (χ1) is 15.0. The Hall–Kier alpha value is -3.21. The molecule has 0 aliphatic carbocycles. The van der Waals surface area contributed by atoms with E-state index in [4.69, 9.17) is 16.9 Å². The third kappa shape index (κ3) is 4.93. The minimum atomic E-state index is -0.535. The predicted molar refractivity (Wildman–Crippen MR) is 115 cm³/mol. The molecule has 1 amide bonds. The highest BCUT2D eigenvalue weighted by Crippen LogP contribution is 2.20. The van der Waals surface area contributed by atoms with Crippen LogP contribution in [-0.2, 0) is 24.4 Å². The van der Waals surface area contributed by atoms with Gasteiger partial charge in [-0.25, -0.2) is 9.37 Å². The summed E-state index contributed by atoms with van der Waals surface area (Å²) >= 11 is 6.15. The van der Waals surface area contributed by atoms with Gasteiger partial charge in [0.2, 0.25) is 5.91 Å². The van der Waals surface area contributed by atoms with E-state index in [0.29, 0.717) is 31.2 Å². The molecule has 0 spiro atoms. The standard InChI is InChI=1S/C23H21ClFN5O/c24-19-3-1-2-16(8-19)12-29(22-6-7-28-23(22)31)14-20-11-27-15-30(20)13-17-4-5-18(10-26)21(25)9-17/h1-5,8-9,11,15,22H,6-7,12-14H2,(H,28,31). The van der Waals surface area contributed by atoms with Crippen LogP contribution in [0.3, 0.4) is 0 Å². The Bertz CT molecular complexity index is 1140. The number of nitrogens with one attached hydrogen (secondary N) is 1. The van der Waals surface area contributed by atoms with Gasteiger partial charge in [-0.15, -0.1) is 0 Å². The molecule has 0 saturated carbocycles. The van der Waals surface area contributed by atoms with E-state index in [-0.39, 0.29) is 17.5 Å². The van der Waals surface area contributed by atoms with E-state index in [1.165, 1.54) is 12.1 Å². The zero-order valence-corrected chi connectivity index (χ0v) is 17.5. The van der Waals surface area contributed by atoms with Gasteiger partial charge in [-0.1, -0.05) is 29.8 Å². The van der Waals surface area contributed by atoms with Gasteiger partial charge in [0.15, 0.2) is 0 Å². The zero-order valence-electron chi connectivity index (χ0n) is 16.8. The number of amides is 1. The number of carbonyl (C=O) groups excluding carboxylic acids is 1. The zero-order chi connectivity index (χ0) is 21.8. The number of benzene rings is 2. The molecule has 4 rings (SSSR count). The second-order valence-corrected chi connectivity index (χ2v) is 8.01. The van der Waals surface area contributed by atoms with Crippen molar-refractivity contribution in [3.8, 4) is 6.07 Å². The summed E-state index contributed by atoms with van der Waals surface area (Å²) in [6.45, 7) is 2.14. The summed E-state index contributed by atoms with van der Waals surface area (Å²) in [6.07, 6.45) is 4.18. The number of hydrogen-bond donors (Lipinski definition) is 1. The molecule has 1 atom stereocenters. The monoisotopic (exact) mass is 437 g/mol. The average molecular weight is 438 g/mol. The van der Waals surface area contributed by atoms with E-state index in [1.807, 2.05) is 34.9 Å². The Kier molecular flexibility index (Phi) is 6.31. The van der Waals surface area contributed by atoms with Crippen LogP contribution in [0.5, 0.6) is 0 Å². The first-order valence-electron chi connectivity index (χ1n) is 9.97. The molecule has 8 heteroatoms. The normalized spacial score (nSPS) is 15.8. The number of carbonyl (C=O) groups is 1. The van der Waals surface area contributed by atoms with E-state index in [9.17, 15) is 9.18 Å². The molecule has 0 bridgehead atoms. The molecular weight excluding hydrogens is 417 g/mol. The first kappa shape index (κ1) is 21.0. The van der Waals surface area contributed by atoms with Crippen molar-refractivity contribution < 1.29 is 9.18 Å². The van der Waals surface area contributed by atoms with Gasteiger partial charge in [-0.2, -0.15) is 5.26 Å². The van der Waals surface area contributed by atoms with Crippen LogP contribution in [0, 0.1) is 17.1 Å². The van der Waals surface area contributed by atoms with Crippen LogP contribution < -0.4 is 5.32 Å². The molecule has 31 heavy (non-hydrogen) atoms. The Morgan fingerprint density at radius 2 is 2.13 bits per heavy atom. The van der Waals surface area contributed by atoms with E-state index in [0.717, 1.165) is 23.2 Å². The number of nitriles is 1. The predicted octanol–water partition coefficient (Wildman–Crippen LogP) is 3.49. The average Bonchev–Trinajstić information content (AvgIpc) is 3.36. The molecule has 1 fully saturated rings. The van der Waals surface area contributed by atoms with Gasteiger partial charge in [0.05, 0.1) is 23.6 Å². The fourth-order valence-electron chi connectivity index (χ4n) is 3.85. The molecular formula is C23H21ClFN5O. The second kappa shape index (κ2) is 9.29. The van der Waals surface area contributed by atoms with Crippen molar-refractivity contribution in [2.24, 2.45) is 0 Å². The molecule has 1 aromatic heterocycles. The molecule has 0 radical (unpaired) electrons. The Morgan fingerprint density at radius 1 is 1.26 bits per heavy atom. The minimum Gasteiger partial charge on any atom is -0.355 e. The molecule has 1 aliphatic heterocycles. The maximum Gasteiger partial charge on any atom is 0.237 e. The van der Waals surface area contributed by atoms with Crippen LogP contribution in [0.2, 0.25) is 5.02 Å². The molecule has 1 unspecified atom stereocenters. The summed E-state index contributed by atoms with van der Waals surface area (Å²) in [5.74, 6) is -0.519. The van der Waals surface area contributed by atoms with Crippen molar-refractivity contribution in [1.82, 2.24) is 19.8 Å². The van der Waals surface area contributed by atoms with Crippen molar-refractivity contribution in [3.63, 3.8) is 0 Å². The molecule has 158 valence electrons. The van der Waals surface area contributed by atoms with Crippen LogP contribution in [0.4, 0.5) is 4.39 Å². The van der Waals surface area contributed by atoms with Crippen LogP contribution in [0.25, 0.3) is 0 Å². The molecule has 3 aromatic rings. The maximum absolute atomic E-state index is 14.0. The van der Waals surface area contributed by atoms with Crippen LogP contribution in [0.15, 0.2) is 55.0 Å². The lowest BCUT2D eigenvalue weighted by Gasteiger charge is -2.27. The van der Waals surface area contributed by atoms with Gasteiger partial charge in [-0.05, 0) is 41.8 Å². The van der Waals surface area contributed by atoms with Crippen molar-refractivity contribution in [3.05, 3.63) is 88.2 Å². The van der Waals surface area contributed by atoms with Crippen LogP contribution in [0.1, 0.15) is 28.8 Å². The summed E-state index contributed by atoms with van der Waals surface area (Å²) in [6, 6.07) is 13.8. The highest BCUT2D eigenvalue weighted by molar-refractivity contribution is 6.30. The van der Waals surface area contributed by atoms with Gasteiger partial charge in [-0.3, -0.25) is 9.69 Å².